The van der Waals surface area contributed by atoms with Gasteiger partial charge in [-0.2, -0.15) is 4.31 Å². The zero-order valence-electron chi connectivity index (χ0n) is 9.16. The summed E-state index contributed by atoms with van der Waals surface area (Å²) in [7, 11) is -10.1. The first-order valence-corrected chi connectivity index (χ1v) is 7.25. The van der Waals surface area contributed by atoms with E-state index in [9.17, 15) is 23.5 Å². The molecule has 1 rings (SSSR count). The summed E-state index contributed by atoms with van der Waals surface area (Å²) >= 11 is 0. The maximum absolute atomic E-state index is 10.5. The number of carboxylic acid groups (broad SMARTS) is 1. The molecule has 13 nitrogen and oxygen atoms in total. The first-order chi connectivity index (χ1) is 8.80. The van der Waals surface area contributed by atoms with Crippen molar-refractivity contribution in [2.45, 2.75) is 0 Å². The number of phosphoric acid groups is 2. The van der Waals surface area contributed by atoms with Crippen LogP contribution < -0.4 is 11.2 Å². The lowest BCUT2D eigenvalue weighted by Gasteiger charge is -2.03. The summed E-state index contributed by atoms with van der Waals surface area (Å²) in [5.41, 5.74) is -1.97. The van der Waals surface area contributed by atoms with Crippen molar-refractivity contribution in [2.24, 2.45) is 0 Å². The van der Waals surface area contributed by atoms with Crippen LogP contribution in [0.1, 0.15) is 10.5 Å². The number of hydrogen-bond donors (Lipinski definition) is 7. The van der Waals surface area contributed by atoms with Gasteiger partial charge in [0, 0.05) is 6.07 Å². The van der Waals surface area contributed by atoms with Gasteiger partial charge in [-0.1, -0.05) is 0 Å². The van der Waals surface area contributed by atoms with Crippen molar-refractivity contribution in [1.82, 2.24) is 9.97 Å². The Balaban J connectivity index is 0.000000370. The Hall–Kier alpha value is -1.59. The Morgan fingerprint density at radius 3 is 1.75 bits per heavy atom. The lowest BCUT2D eigenvalue weighted by Crippen LogP contribution is -2.24. The Morgan fingerprint density at radius 1 is 1.05 bits per heavy atom. The maximum Gasteiger partial charge on any atom is 0.478 e. The van der Waals surface area contributed by atoms with E-state index in [-0.39, 0.29) is 0 Å². The van der Waals surface area contributed by atoms with Gasteiger partial charge < -0.3 is 29.7 Å². The van der Waals surface area contributed by atoms with Gasteiger partial charge in [-0.15, -0.1) is 0 Å². The zero-order chi connectivity index (χ0) is 16.1. The summed E-state index contributed by atoms with van der Waals surface area (Å²) in [6, 6.07) is 0.795. The number of aromatic carboxylic acids is 1. The molecule has 0 bridgehead atoms. The van der Waals surface area contributed by atoms with Gasteiger partial charge in [0.1, 0.15) is 5.69 Å². The highest BCUT2D eigenvalue weighted by Gasteiger charge is 2.27. The number of carboxylic acids is 1. The molecule has 0 radical (unpaired) electrons. The van der Waals surface area contributed by atoms with Crippen LogP contribution in [0.3, 0.4) is 0 Å². The van der Waals surface area contributed by atoms with Gasteiger partial charge in [0.25, 0.3) is 5.56 Å². The van der Waals surface area contributed by atoms with Crippen LogP contribution in [0.15, 0.2) is 15.7 Å². The SMILES string of the molecule is O=C(O)c1cc(=O)[nH]c(=O)[nH]1.O=P(O)(O)OP(=O)(O)O. The number of aromatic amines is 2. The molecule has 0 fully saturated rings. The third-order valence-electron chi connectivity index (χ3n) is 1.20. The van der Waals surface area contributed by atoms with E-state index >= 15 is 0 Å². The molecule has 0 aliphatic rings. The van der Waals surface area contributed by atoms with Crippen LogP contribution in [0.25, 0.3) is 0 Å². The third kappa shape index (κ3) is 9.35. The lowest BCUT2D eigenvalue weighted by atomic mass is 10.4. The zero-order valence-corrected chi connectivity index (χ0v) is 10.9. The summed E-state index contributed by atoms with van der Waals surface area (Å²) in [6.45, 7) is 0. The topological polar surface area (TPSA) is 227 Å². The predicted molar refractivity (Wildman–Crippen MR) is 59.8 cm³/mol. The van der Waals surface area contributed by atoms with Crippen molar-refractivity contribution in [3.05, 3.63) is 32.6 Å². The average molecular weight is 334 g/mol. The fourth-order valence-electron chi connectivity index (χ4n) is 0.722. The second kappa shape index (κ2) is 6.72. The number of H-pyrrole nitrogens is 2. The van der Waals surface area contributed by atoms with E-state index in [0.717, 1.165) is 6.07 Å². The number of nitrogens with one attached hydrogen (secondary N) is 2. The van der Waals surface area contributed by atoms with Crippen LogP contribution in [0.2, 0.25) is 0 Å². The Kier molecular flexibility index (Phi) is 6.19. The van der Waals surface area contributed by atoms with E-state index in [1.54, 1.807) is 0 Å². The Labute approximate surface area is 108 Å². The van der Waals surface area contributed by atoms with E-state index in [4.69, 9.17) is 24.7 Å². The van der Waals surface area contributed by atoms with E-state index in [0.29, 0.717) is 0 Å². The summed E-state index contributed by atoms with van der Waals surface area (Å²) < 4.78 is 22.2. The summed E-state index contributed by atoms with van der Waals surface area (Å²) in [6.07, 6.45) is 0. The molecule has 0 saturated carbocycles. The standard InChI is InChI=1S/C5H4N2O4.H4O7P2/c8-3-1-2(4(9)10)6-5(11)7-3;1-8(2,3)7-9(4,5)6/h1H,(H,9,10)(H2,6,7,8,11);(H2,1,2,3)(H2,4,5,6). The van der Waals surface area contributed by atoms with E-state index < -0.39 is 38.6 Å². The minimum Gasteiger partial charge on any atom is -0.477 e. The highest BCUT2D eigenvalue weighted by atomic mass is 31.3. The quantitative estimate of drug-likeness (QED) is 0.297. The summed E-state index contributed by atoms with van der Waals surface area (Å²) in [5, 5.41) is 8.31. The fourth-order valence-corrected chi connectivity index (χ4v) is 1.83. The molecule has 1 heterocycles. The fraction of sp³-hybridized carbons (Fsp3) is 0. The number of hydrogen-bond acceptors (Lipinski definition) is 6. The number of carbonyl (C=O) groups is 1. The van der Waals surface area contributed by atoms with Crippen molar-refractivity contribution >= 4 is 21.6 Å². The van der Waals surface area contributed by atoms with Crippen molar-refractivity contribution in [2.75, 3.05) is 0 Å². The molecule has 15 heteroatoms. The normalized spacial score (nSPS) is 11.4. The largest absolute Gasteiger partial charge is 0.478 e. The van der Waals surface area contributed by atoms with Crippen molar-refractivity contribution < 1.29 is 42.9 Å². The second-order valence-electron chi connectivity index (χ2n) is 2.87. The minimum absolute atomic E-state index is 0.418. The second-order valence-corrected chi connectivity index (χ2v) is 5.48. The van der Waals surface area contributed by atoms with E-state index in [1.165, 1.54) is 0 Å². The first kappa shape index (κ1) is 18.4. The molecule has 7 N–H and O–H groups in total. The Morgan fingerprint density at radius 2 is 1.50 bits per heavy atom. The summed E-state index contributed by atoms with van der Waals surface area (Å²) in [5.74, 6) is -1.34. The molecule has 0 spiro atoms. The molecule has 0 atom stereocenters. The average Bonchev–Trinajstić information content (AvgIpc) is 2.10. The van der Waals surface area contributed by atoms with Gasteiger partial charge in [-0.25, -0.2) is 18.7 Å². The highest BCUT2D eigenvalue weighted by Crippen LogP contribution is 2.53. The van der Waals surface area contributed by atoms with E-state index in [1.807, 2.05) is 9.97 Å². The smallest absolute Gasteiger partial charge is 0.477 e. The van der Waals surface area contributed by atoms with Gasteiger partial charge in [-0.3, -0.25) is 9.78 Å². The molecular weight excluding hydrogens is 326 g/mol. The number of aromatic nitrogens is 2. The van der Waals surface area contributed by atoms with E-state index in [2.05, 4.69) is 4.31 Å². The van der Waals surface area contributed by atoms with Crippen molar-refractivity contribution in [3.8, 4) is 0 Å². The third-order valence-corrected chi connectivity index (χ3v) is 2.91. The van der Waals surface area contributed by atoms with Gasteiger partial charge in [0.15, 0.2) is 0 Å². The molecule has 0 aliphatic heterocycles. The first-order valence-electron chi connectivity index (χ1n) is 4.19. The monoisotopic (exact) mass is 334 g/mol. The molecule has 0 saturated heterocycles. The molecule has 0 aliphatic carbocycles. The lowest BCUT2D eigenvalue weighted by molar-refractivity contribution is 0.0689. The van der Waals surface area contributed by atoms with Gasteiger partial charge in [-0.05, 0) is 0 Å². The predicted octanol–water partition coefficient (Wildman–Crippen LogP) is -2.05. The summed E-state index contributed by atoms with van der Waals surface area (Å²) in [4.78, 5) is 65.9. The van der Waals surface area contributed by atoms with Crippen molar-refractivity contribution in [1.29, 1.82) is 0 Å². The van der Waals surface area contributed by atoms with Crippen LogP contribution in [-0.2, 0) is 13.4 Å². The van der Waals surface area contributed by atoms with Crippen molar-refractivity contribution in [3.63, 3.8) is 0 Å². The molecule has 114 valence electrons. The molecule has 1 aromatic heterocycles. The van der Waals surface area contributed by atoms with Crippen LogP contribution in [-0.4, -0.2) is 40.6 Å². The molecule has 0 amide bonds. The molecule has 0 unspecified atom stereocenters. The van der Waals surface area contributed by atoms with Crippen LogP contribution in [0.5, 0.6) is 0 Å². The Bertz CT molecular complexity index is 628. The van der Waals surface area contributed by atoms with Gasteiger partial charge in [0.05, 0.1) is 0 Å². The van der Waals surface area contributed by atoms with Crippen LogP contribution in [0.4, 0.5) is 0 Å². The van der Waals surface area contributed by atoms with Crippen LogP contribution in [0, 0.1) is 0 Å². The molecular formula is C5H8N2O11P2. The minimum atomic E-state index is -5.05. The molecule has 0 aromatic carbocycles. The maximum atomic E-state index is 10.5. The highest BCUT2D eigenvalue weighted by molar-refractivity contribution is 7.60. The number of rotatable bonds is 3. The molecule has 20 heavy (non-hydrogen) atoms. The van der Waals surface area contributed by atoms with Gasteiger partial charge >= 0.3 is 27.3 Å². The van der Waals surface area contributed by atoms with Crippen LogP contribution >= 0.6 is 15.6 Å². The van der Waals surface area contributed by atoms with Gasteiger partial charge in [0.2, 0.25) is 0 Å². The molecule has 1 aromatic rings.